The van der Waals surface area contributed by atoms with Crippen molar-refractivity contribution in [2.45, 2.75) is 51.2 Å². The normalized spacial score (nSPS) is 11.5. The molecule has 0 fully saturated rings. The summed E-state index contributed by atoms with van der Waals surface area (Å²) in [4.78, 5) is 10.9. The highest BCUT2D eigenvalue weighted by Gasteiger charge is 2.26. The van der Waals surface area contributed by atoms with Crippen LogP contribution in [0, 0.1) is 0 Å². The van der Waals surface area contributed by atoms with Gasteiger partial charge in [0, 0.05) is 27.1 Å². The molecule has 0 saturated carbocycles. The topological polar surface area (TPSA) is 44.8 Å². The van der Waals surface area contributed by atoms with Gasteiger partial charge in [-0.2, -0.15) is 0 Å². The van der Waals surface area contributed by atoms with E-state index in [9.17, 15) is 4.79 Å². The van der Waals surface area contributed by atoms with Gasteiger partial charge in [-0.05, 0) is 19.3 Å². The molecule has 96 valence electrons. The van der Waals surface area contributed by atoms with Crippen LogP contribution in [0.1, 0.15) is 45.4 Å². The number of hydrogen-bond donors (Lipinski definition) is 0. The van der Waals surface area contributed by atoms with Crippen molar-refractivity contribution in [3.8, 4) is 0 Å². The largest absolute Gasteiger partial charge is 0.469 e. The first kappa shape index (κ1) is 15.4. The maximum Gasteiger partial charge on any atom is 0.305 e. The van der Waals surface area contributed by atoms with Crippen molar-refractivity contribution in [1.29, 1.82) is 0 Å². The highest BCUT2D eigenvalue weighted by Crippen LogP contribution is 2.23. The van der Waals surface area contributed by atoms with Crippen molar-refractivity contribution in [2.24, 2.45) is 0 Å². The highest BCUT2D eigenvalue weighted by molar-refractivity contribution is 5.68. The zero-order valence-electron chi connectivity index (χ0n) is 10.9. The maximum absolute atomic E-state index is 10.9. The highest BCUT2D eigenvalue weighted by atomic mass is 16.7. The maximum atomic E-state index is 10.9. The van der Waals surface area contributed by atoms with E-state index in [0.717, 1.165) is 32.1 Å². The molecule has 0 radical (unpaired) electrons. The third-order valence-electron chi connectivity index (χ3n) is 2.95. The van der Waals surface area contributed by atoms with Crippen molar-refractivity contribution < 1.29 is 19.0 Å². The first-order valence-electron chi connectivity index (χ1n) is 5.81. The second-order valence-electron chi connectivity index (χ2n) is 3.81. The van der Waals surface area contributed by atoms with Gasteiger partial charge in [-0.3, -0.25) is 4.79 Å². The van der Waals surface area contributed by atoms with E-state index in [-0.39, 0.29) is 5.97 Å². The van der Waals surface area contributed by atoms with E-state index >= 15 is 0 Å². The average molecular weight is 232 g/mol. The summed E-state index contributed by atoms with van der Waals surface area (Å²) in [5.74, 6) is -0.592. The Kier molecular flexibility index (Phi) is 8.21. The summed E-state index contributed by atoms with van der Waals surface area (Å²) in [6.45, 7) is 2.04. The lowest BCUT2D eigenvalue weighted by molar-refractivity contribution is -0.212. The van der Waals surface area contributed by atoms with Crippen LogP contribution in [0.15, 0.2) is 0 Å². The zero-order chi connectivity index (χ0) is 12.4. The lowest BCUT2D eigenvalue weighted by Crippen LogP contribution is -2.32. The SMILES string of the molecule is CCC(CCCCCC(=O)OC)(OC)OC. The number of unbranched alkanes of at least 4 members (excludes halogenated alkanes) is 2. The molecule has 0 unspecified atom stereocenters. The minimum atomic E-state index is -0.453. The van der Waals surface area contributed by atoms with Crippen molar-refractivity contribution in [3.05, 3.63) is 0 Å². The summed E-state index contributed by atoms with van der Waals surface area (Å²) < 4.78 is 15.3. The minimum Gasteiger partial charge on any atom is -0.469 e. The standard InChI is InChI=1S/C12H24O4/c1-5-12(15-3,16-4)10-8-6-7-9-11(13)14-2/h5-10H2,1-4H3. The first-order valence-corrected chi connectivity index (χ1v) is 5.81. The summed E-state index contributed by atoms with van der Waals surface area (Å²) in [5.41, 5.74) is 0. The van der Waals surface area contributed by atoms with Crippen LogP contribution in [0.5, 0.6) is 0 Å². The molecule has 0 aromatic rings. The Morgan fingerprint density at radius 2 is 1.69 bits per heavy atom. The van der Waals surface area contributed by atoms with Crippen molar-refractivity contribution >= 4 is 5.97 Å². The Hall–Kier alpha value is -0.610. The smallest absolute Gasteiger partial charge is 0.305 e. The number of hydrogen-bond acceptors (Lipinski definition) is 4. The summed E-state index contributed by atoms with van der Waals surface area (Å²) in [5, 5.41) is 0. The van der Waals surface area contributed by atoms with E-state index in [1.54, 1.807) is 14.2 Å². The molecule has 0 atom stereocenters. The molecule has 16 heavy (non-hydrogen) atoms. The van der Waals surface area contributed by atoms with Gasteiger partial charge in [0.15, 0.2) is 5.79 Å². The van der Waals surface area contributed by atoms with Crippen LogP contribution in [0.4, 0.5) is 0 Å². The van der Waals surface area contributed by atoms with Gasteiger partial charge in [-0.25, -0.2) is 0 Å². The van der Waals surface area contributed by atoms with Gasteiger partial charge >= 0.3 is 5.97 Å². The fourth-order valence-electron chi connectivity index (χ4n) is 1.70. The lowest BCUT2D eigenvalue weighted by Gasteiger charge is -2.29. The molecule has 0 rings (SSSR count). The van der Waals surface area contributed by atoms with E-state index < -0.39 is 5.79 Å². The zero-order valence-corrected chi connectivity index (χ0v) is 10.9. The third kappa shape index (κ3) is 5.47. The summed E-state index contributed by atoms with van der Waals surface area (Å²) in [7, 11) is 4.75. The number of carbonyl (C=O) groups excluding carboxylic acids is 1. The van der Waals surface area contributed by atoms with Gasteiger partial charge in [0.25, 0.3) is 0 Å². The number of ether oxygens (including phenoxy) is 3. The molecular weight excluding hydrogens is 208 g/mol. The van der Waals surface area contributed by atoms with Crippen LogP contribution in [0.3, 0.4) is 0 Å². The lowest BCUT2D eigenvalue weighted by atomic mass is 10.0. The predicted molar refractivity (Wildman–Crippen MR) is 62.1 cm³/mol. The molecule has 0 aliphatic carbocycles. The molecule has 0 spiro atoms. The number of rotatable bonds is 9. The Labute approximate surface area is 98.3 Å². The quantitative estimate of drug-likeness (QED) is 0.348. The number of carbonyl (C=O) groups is 1. The van der Waals surface area contributed by atoms with E-state index in [4.69, 9.17) is 9.47 Å². The van der Waals surface area contributed by atoms with Crippen LogP contribution < -0.4 is 0 Å². The molecule has 0 aliphatic heterocycles. The number of esters is 1. The molecule has 0 saturated heterocycles. The fraction of sp³-hybridized carbons (Fsp3) is 0.917. The Balaban J connectivity index is 3.67. The van der Waals surface area contributed by atoms with Crippen LogP contribution in [-0.2, 0) is 19.0 Å². The van der Waals surface area contributed by atoms with Crippen LogP contribution in [0.2, 0.25) is 0 Å². The van der Waals surface area contributed by atoms with E-state index in [2.05, 4.69) is 4.74 Å². The van der Waals surface area contributed by atoms with E-state index in [1.165, 1.54) is 7.11 Å². The average Bonchev–Trinajstić information content (AvgIpc) is 2.34. The Morgan fingerprint density at radius 3 is 2.12 bits per heavy atom. The summed E-state index contributed by atoms with van der Waals surface area (Å²) in [6, 6.07) is 0. The van der Waals surface area contributed by atoms with E-state index in [1.807, 2.05) is 6.92 Å². The molecule has 0 aliphatic rings. The van der Waals surface area contributed by atoms with Crippen molar-refractivity contribution in [3.63, 3.8) is 0 Å². The Bertz CT molecular complexity index is 179. The Morgan fingerprint density at radius 1 is 1.06 bits per heavy atom. The monoisotopic (exact) mass is 232 g/mol. The van der Waals surface area contributed by atoms with Gasteiger partial charge in [-0.1, -0.05) is 13.3 Å². The molecule has 0 amide bonds. The fourth-order valence-corrected chi connectivity index (χ4v) is 1.70. The molecule has 0 aromatic carbocycles. The van der Waals surface area contributed by atoms with Gasteiger partial charge < -0.3 is 14.2 Å². The van der Waals surface area contributed by atoms with Gasteiger partial charge in [0.1, 0.15) is 0 Å². The van der Waals surface area contributed by atoms with Crippen LogP contribution >= 0.6 is 0 Å². The second-order valence-corrected chi connectivity index (χ2v) is 3.81. The first-order chi connectivity index (χ1) is 7.64. The predicted octanol–water partition coefficient (Wildman–Crippen LogP) is 2.51. The van der Waals surface area contributed by atoms with Gasteiger partial charge in [0.05, 0.1) is 7.11 Å². The molecule has 4 heteroatoms. The molecule has 0 bridgehead atoms. The molecule has 4 nitrogen and oxygen atoms in total. The summed E-state index contributed by atoms with van der Waals surface area (Å²) in [6.07, 6.45) is 5.03. The van der Waals surface area contributed by atoms with Crippen molar-refractivity contribution in [1.82, 2.24) is 0 Å². The summed E-state index contributed by atoms with van der Waals surface area (Å²) >= 11 is 0. The molecule has 0 heterocycles. The van der Waals surface area contributed by atoms with Crippen molar-refractivity contribution in [2.75, 3.05) is 21.3 Å². The van der Waals surface area contributed by atoms with E-state index in [0.29, 0.717) is 6.42 Å². The third-order valence-corrected chi connectivity index (χ3v) is 2.95. The minimum absolute atomic E-state index is 0.139. The van der Waals surface area contributed by atoms with Crippen LogP contribution in [0.25, 0.3) is 0 Å². The number of methoxy groups -OCH3 is 3. The molecule has 0 aromatic heterocycles. The molecular formula is C12H24O4. The van der Waals surface area contributed by atoms with Crippen LogP contribution in [-0.4, -0.2) is 33.1 Å². The van der Waals surface area contributed by atoms with Gasteiger partial charge in [0.2, 0.25) is 0 Å². The second kappa shape index (κ2) is 8.53. The molecule has 0 N–H and O–H groups in total. The van der Waals surface area contributed by atoms with Gasteiger partial charge in [-0.15, -0.1) is 0 Å².